The number of benzene rings is 1. The molecule has 2 rings (SSSR count). The van der Waals surface area contributed by atoms with E-state index in [1.807, 2.05) is 36.4 Å². The van der Waals surface area contributed by atoms with Gasteiger partial charge in [0.05, 0.1) is 0 Å². The molecule has 0 heterocycles. The van der Waals surface area contributed by atoms with Gasteiger partial charge in [-0.25, -0.2) is 0 Å². The van der Waals surface area contributed by atoms with E-state index in [-0.39, 0.29) is 0 Å². The lowest BCUT2D eigenvalue weighted by Gasteiger charge is -2.53. The average molecular weight is 301 g/mol. The summed E-state index contributed by atoms with van der Waals surface area (Å²) in [5.41, 5.74) is 1.90. The molecule has 0 aromatic heterocycles. The molecule has 5 nitrogen and oxygen atoms in total. The number of nitriles is 1. The number of hydrogen-bond acceptors (Lipinski definition) is 5. The van der Waals surface area contributed by atoms with Crippen LogP contribution >= 0.6 is 0 Å². The van der Waals surface area contributed by atoms with Gasteiger partial charge in [0.2, 0.25) is 0 Å². The van der Waals surface area contributed by atoms with Crippen LogP contribution in [0.25, 0.3) is 6.08 Å². The minimum absolute atomic E-state index is 0.327. The van der Waals surface area contributed by atoms with Crippen LogP contribution in [0.5, 0.6) is 0 Å². The van der Waals surface area contributed by atoms with Gasteiger partial charge in [0.1, 0.15) is 11.6 Å². The Morgan fingerprint density at radius 2 is 1.41 bits per heavy atom. The Bertz CT molecular complexity index is 620. The van der Waals surface area contributed by atoms with E-state index < -0.39 is 11.6 Å². The Morgan fingerprint density at radius 3 is 1.86 bits per heavy atom. The molecule has 0 bridgehead atoms. The number of rotatable bonds is 6. The summed E-state index contributed by atoms with van der Waals surface area (Å²) in [6.45, 7) is 0. The van der Waals surface area contributed by atoms with Crippen molar-refractivity contribution in [3.8, 4) is 6.07 Å². The van der Waals surface area contributed by atoms with Crippen molar-refractivity contribution in [2.75, 3.05) is 28.4 Å². The predicted octanol–water partition coefficient (Wildman–Crippen LogP) is 2.51. The number of nitrogens with zero attached hydrogens (tertiary/aromatic N) is 1. The molecule has 0 saturated heterocycles. The summed E-state index contributed by atoms with van der Waals surface area (Å²) in [7, 11) is 5.87. The zero-order valence-electron chi connectivity index (χ0n) is 13.1. The van der Waals surface area contributed by atoms with Crippen LogP contribution in [-0.4, -0.2) is 40.0 Å². The minimum Gasteiger partial charge on any atom is -0.345 e. The zero-order valence-corrected chi connectivity index (χ0v) is 13.1. The van der Waals surface area contributed by atoms with Gasteiger partial charge in [-0.05, 0) is 5.56 Å². The molecule has 0 fully saturated rings. The lowest BCUT2D eigenvalue weighted by Crippen LogP contribution is -2.68. The Labute approximate surface area is 130 Å². The van der Waals surface area contributed by atoms with Gasteiger partial charge in [-0.3, -0.25) is 0 Å². The molecule has 0 radical (unpaired) electrons. The molecule has 116 valence electrons. The van der Waals surface area contributed by atoms with E-state index in [1.165, 1.54) is 28.4 Å². The number of hydrogen-bond donors (Lipinski definition) is 0. The van der Waals surface area contributed by atoms with Gasteiger partial charge in [-0.1, -0.05) is 42.5 Å². The minimum atomic E-state index is -1.37. The molecule has 22 heavy (non-hydrogen) atoms. The van der Waals surface area contributed by atoms with Crippen molar-refractivity contribution in [1.82, 2.24) is 0 Å². The van der Waals surface area contributed by atoms with Crippen LogP contribution in [0.2, 0.25) is 0 Å². The monoisotopic (exact) mass is 301 g/mol. The summed E-state index contributed by atoms with van der Waals surface area (Å²) < 4.78 is 21.9. The molecule has 5 heteroatoms. The first-order valence-electron chi connectivity index (χ1n) is 6.74. The molecule has 1 aliphatic rings. The largest absolute Gasteiger partial charge is 0.345 e. The molecule has 0 aliphatic heterocycles. The van der Waals surface area contributed by atoms with Crippen molar-refractivity contribution in [3.63, 3.8) is 0 Å². The Kier molecular flexibility index (Phi) is 4.79. The smallest absolute Gasteiger partial charge is 0.266 e. The van der Waals surface area contributed by atoms with Crippen molar-refractivity contribution in [1.29, 1.82) is 5.26 Å². The van der Waals surface area contributed by atoms with E-state index >= 15 is 0 Å². The van der Waals surface area contributed by atoms with Crippen LogP contribution in [0.3, 0.4) is 0 Å². The average Bonchev–Trinajstić information content (AvgIpc) is 2.57. The molecule has 0 saturated carbocycles. The third kappa shape index (κ3) is 2.09. The van der Waals surface area contributed by atoms with Crippen LogP contribution < -0.4 is 0 Å². The highest BCUT2D eigenvalue weighted by Crippen LogP contribution is 2.53. The van der Waals surface area contributed by atoms with Crippen molar-refractivity contribution in [2.45, 2.75) is 11.6 Å². The molecule has 0 atom stereocenters. The van der Waals surface area contributed by atoms with Gasteiger partial charge < -0.3 is 18.9 Å². The maximum absolute atomic E-state index is 9.46. The van der Waals surface area contributed by atoms with Gasteiger partial charge in [0.25, 0.3) is 11.6 Å². The van der Waals surface area contributed by atoms with Gasteiger partial charge in [-0.2, -0.15) is 5.26 Å². The lowest BCUT2D eigenvalue weighted by molar-refractivity contribution is -0.370. The van der Waals surface area contributed by atoms with Crippen molar-refractivity contribution in [3.05, 3.63) is 53.1 Å². The fourth-order valence-electron chi connectivity index (χ4n) is 2.82. The van der Waals surface area contributed by atoms with Crippen LogP contribution in [-0.2, 0) is 18.9 Å². The van der Waals surface area contributed by atoms with Crippen LogP contribution in [0.1, 0.15) is 5.56 Å². The van der Waals surface area contributed by atoms with Crippen molar-refractivity contribution >= 4 is 6.08 Å². The van der Waals surface area contributed by atoms with Crippen LogP contribution in [0.4, 0.5) is 0 Å². The summed E-state index contributed by atoms with van der Waals surface area (Å²) in [5.74, 6) is -2.66. The van der Waals surface area contributed by atoms with Gasteiger partial charge >= 0.3 is 0 Å². The first-order valence-corrected chi connectivity index (χ1v) is 6.74. The van der Waals surface area contributed by atoms with Crippen LogP contribution in [0, 0.1) is 11.3 Å². The summed E-state index contributed by atoms with van der Waals surface area (Å²) in [4.78, 5) is 0. The van der Waals surface area contributed by atoms with E-state index in [4.69, 9.17) is 18.9 Å². The Morgan fingerprint density at radius 1 is 0.864 bits per heavy atom. The summed E-state index contributed by atoms with van der Waals surface area (Å²) >= 11 is 0. The molecule has 1 aliphatic carbocycles. The first kappa shape index (κ1) is 16.4. The maximum Gasteiger partial charge on any atom is 0.266 e. The molecule has 0 N–H and O–H groups in total. The molecule has 0 unspecified atom stereocenters. The third-order valence-electron chi connectivity index (χ3n) is 3.89. The highest BCUT2D eigenvalue weighted by molar-refractivity contribution is 5.63. The zero-order chi connectivity index (χ0) is 16.2. The third-order valence-corrected chi connectivity index (χ3v) is 3.89. The second-order valence-electron chi connectivity index (χ2n) is 4.69. The van der Waals surface area contributed by atoms with Crippen LogP contribution in [0.15, 0.2) is 47.6 Å². The standard InChI is InChI=1S/C17H19NO4/c1-19-16(20-2)14(11-10-13-8-6-5-7-9-13)15(12-18)17(16,21-3)22-4/h5-11H,1-4H3/b11-10+. The van der Waals surface area contributed by atoms with Crippen molar-refractivity contribution in [2.24, 2.45) is 0 Å². The molecular weight excluding hydrogens is 282 g/mol. The highest BCUT2D eigenvalue weighted by Gasteiger charge is 2.69. The number of methoxy groups -OCH3 is 4. The van der Waals surface area contributed by atoms with E-state index in [9.17, 15) is 5.26 Å². The van der Waals surface area contributed by atoms with Gasteiger partial charge in [-0.15, -0.1) is 0 Å². The highest BCUT2D eigenvalue weighted by atomic mass is 16.8. The molecule has 1 aromatic rings. The molecule has 0 spiro atoms. The molecular formula is C17H19NO4. The topological polar surface area (TPSA) is 60.7 Å². The lowest BCUT2D eigenvalue weighted by atomic mass is 9.74. The van der Waals surface area contributed by atoms with E-state index in [0.717, 1.165) is 5.56 Å². The van der Waals surface area contributed by atoms with Gasteiger partial charge in [0, 0.05) is 34.0 Å². The van der Waals surface area contributed by atoms with E-state index in [0.29, 0.717) is 11.1 Å². The fourth-order valence-corrected chi connectivity index (χ4v) is 2.82. The van der Waals surface area contributed by atoms with E-state index in [2.05, 4.69) is 6.07 Å². The summed E-state index contributed by atoms with van der Waals surface area (Å²) in [6, 6.07) is 11.9. The maximum atomic E-state index is 9.46. The SMILES string of the molecule is COC1(OC)C(C#N)=C(/C=C/c2ccccc2)C1(OC)OC. The van der Waals surface area contributed by atoms with Crippen molar-refractivity contribution < 1.29 is 18.9 Å². The summed E-state index contributed by atoms with van der Waals surface area (Å²) in [5, 5.41) is 9.46. The van der Waals surface area contributed by atoms with Gasteiger partial charge in [0.15, 0.2) is 0 Å². The Hall–Kier alpha value is -1.97. The first-order chi connectivity index (χ1) is 10.7. The predicted molar refractivity (Wildman–Crippen MR) is 81.6 cm³/mol. The quantitative estimate of drug-likeness (QED) is 0.756. The summed E-state index contributed by atoms with van der Waals surface area (Å²) in [6.07, 6.45) is 3.67. The molecule has 1 aromatic carbocycles. The fraction of sp³-hybridized carbons (Fsp3) is 0.353. The number of ether oxygens (including phenoxy) is 4. The normalized spacial score (nSPS) is 19.0. The Balaban J connectivity index is 2.51. The second kappa shape index (κ2) is 6.42. The van der Waals surface area contributed by atoms with E-state index in [1.54, 1.807) is 6.08 Å². The second-order valence-corrected chi connectivity index (χ2v) is 4.69. The molecule has 0 amide bonds.